The maximum atomic E-state index is 11.4. The minimum absolute atomic E-state index is 0.0279. The highest BCUT2D eigenvalue weighted by Gasteiger charge is 2.03. The molecule has 0 aromatic carbocycles. The first-order valence-electron chi connectivity index (χ1n) is 5.63. The van der Waals surface area contributed by atoms with Crippen molar-refractivity contribution in [1.29, 1.82) is 0 Å². The maximum Gasteiger partial charge on any atom is 0.305 e. The van der Waals surface area contributed by atoms with E-state index >= 15 is 0 Å². The van der Waals surface area contributed by atoms with Crippen molar-refractivity contribution in [2.45, 2.75) is 39.5 Å². The first-order chi connectivity index (χ1) is 7.61. The SMILES string of the molecule is CC/C=C(\C)C(=O)NCCCCC(=O)OC. The van der Waals surface area contributed by atoms with Crippen LogP contribution in [0.4, 0.5) is 0 Å². The van der Waals surface area contributed by atoms with Gasteiger partial charge in [-0.1, -0.05) is 13.0 Å². The third-order valence-electron chi connectivity index (χ3n) is 2.19. The Labute approximate surface area is 97.1 Å². The number of ether oxygens (including phenoxy) is 1. The summed E-state index contributed by atoms with van der Waals surface area (Å²) in [7, 11) is 1.38. The van der Waals surface area contributed by atoms with Gasteiger partial charge in [0.1, 0.15) is 0 Å². The molecule has 16 heavy (non-hydrogen) atoms. The van der Waals surface area contributed by atoms with Crippen LogP contribution in [0.15, 0.2) is 11.6 Å². The Kier molecular flexibility index (Phi) is 8.21. The lowest BCUT2D eigenvalue weighted by molar-refractivity contribution is -0.140. The topological polar surface area (TPSA) is 55.4 Å². The van der Waals surface area contributed by atoms with Gasteiger partial charge >= 0.3 is 5.97 Å². The van der Waals surface area contributed by atoms with Crippen LogP contribution in [0.5, 0.6) is 0 Å². The van der Waals surface area contributed by atoms with Crippen molar-refractivity contribution >= 4 is 11.9 Å². The molecule has 0 spiro atoms. The van der Waals surface area contributed by atoms with E-state index in [9.17, 15) is 9.59 Å². The van der Waals surface area contributed by atoms with Gasteiger partial charge in [0.25, 0.3) is 0 Å². The molecule has 0 radical (unpaired) electrons. The van der Waals surface area contributed by atoms with E-state index in [1.54, 1.807) is 6.92 Å². The molecule has 4 heteroatoms. The van der Waals surface area contributed by atoms with Crippen LogP contribution in [0, 0.1) is 0 Å². The van der Waals surface area contributed by atoms with Crippen molar-refractivity contribution < 1.29 is 14.3 Å². The molecule has 0 aliphatic rings. The quantitative estimate of drug-likeness (QED) is 0.410. The Hall–Kier alpha value is -1.32. The summed E-state index contributed by atoms with van der Waals surface area (Å²) in [5.41, 5.74) is 0.746. The Bertz CT molecular complexity index is 259. The smallest absolute Gasteiger partial charge is 0.305 e. The summed E-state index contributed by atoms with van der Waals surface area (Å²) in [6.07, 6.45) is 4.70. The van der Waals surface area contributed by atoms with E-state index in [0.717, 1.165) is 24.8 Å². The Morgan fingerprint density at radius 3 is 2.56 bits per heavy atom. The van der Waals surface area contributed by atoms with E-state index in [0.29, 0.717) is 13.0 Å². The molecule has 0 bridgehead atoms. The molecule has 0 fully saturated rings. The number of methoxy groups -OCH3 is 1. The molecule has 1 N–H and O–H groups in total. The second kappa shape index (κ2) is 8.95. The maximum absolute atomic E-state index is 11.4. The Morgan fingerprint density at radius 1 is 1.31 bits per heavy atom. The number of allylic oxidation sites excluding steroid dienone is 1. The van der Waals surface area contributed by atoms with Crippen molar-refractivity contribution in [3.05, 3.63) is 11.6 Å². The fourth-order valence-corrected chi connectivity index (χ4v) is 1.24. The predicted octanol–water partition coefficient (Wildman–Crippen LogP) is 1.80. The zero-order valence-corrected chi connectivity index (χ0v) is 10.3. The van der Waals surface area contributed by atoms with Crippen LogP contribution >= 0.6 is 0 Å². The van der Waals surface area contributed by atoms with Crippen molar-refractivity contribution in [2.24, 2.45) is 0 Å². The lowest BCUT2D eigenvalue weighted by atomic mass is 10.2. The van der Waals surface area contributed by atoms with Crippen LogP contribution < -0.4 is 5.32 Å². The van der Waals surface area contributed by atoms with E-state index in [-0.39, 0.29) is 11.9 Å². The van der Waals surface area contributed by atoms with Gasteiger partial charge in [0.15, 0.2) is 0 Å². The molecule has 0 unspecified atom stereocenters. The average Bonchev–Trinajstić information content (AvgIpc) is 2.28. The van der Waals surface area contributed by atoms with Gasteiger partial charge in [-0.2, -0.15) is 0 Å². The van der Waals surface area contributed by atoms with E-state index in [2.05, 4.69) is 10.1 Å². The van der Waals surface area contributed by atoms with Crippen LogP contribution in [0.2, 0.25) is 0 Å². The van der Waals surface area contributed by atoms with E-state index in [1.165, 1.54) is 7.11 Å². The summed E-state index contributed by atoms with van der Waals surface area (Å²) in [4.78, 5) is 22.2. The first kappa shape index (κ1) is 14.7. The van der Waals surface area contributed by atoms with Crippen molar-refractivity contribution in [3.8, 4) is 0 Å². The summed E-state index contributed by atoms with van der Waals surface area (Å²) in [5, 5.41) is 2.80. The lowest BCUT2D eigenvalue weighted by Gasteiger charge is -2.04. The second-order valence-electron chi connectivity index (χ2n) is 3.58. The second-order valence-corrected chi connectivity index (χ2v) is 3.58. The van der Waals surface area contributed by atoms with Gasteiger partial charge in [0, 0.05) is 18.5 Å². The fourth-order valence-electron chi connectivity index (χ4n) is 1.24. The highest BCUT2D eigenvalue weighted by atomic mass is 16.5. The highest BCUT2D eigenvalue weighted by molar-refractivity contribution is 5.92. The number of carbonyl (C=O) groups is 2. The number of unbranched alkanes of at least 4 members (excludes halogenated alkanes) is 1. The summed E-state index contributed by atoms with van der Waals surface area (Å²) >= 11 is 0. The van der Waals surface area contributed by atoms with Crippen molar-refractivity contribution in [1.82, 2.24) is 5.32 Å². The predicted molar refractivity (Wildman–Crippen MR) is 62.9 cm³/mol. The number of hydrogen-bond acceptors (Lipinski definition) is 3. The number of hydrogen-bond donors (Lipinski definition) is 1. The van der Waals surface area contributed by atoms with E-state index in [1.807, 2.05) is 13.0 Å². The van der Waals surface area contributed by atoms with Gasteiger partial charge in [0.2, 0.25) is 5.91 Å². The molecule has 0 rings (SSSR count). The standard InChI is InChI=1S/C12H21NO3/c1-4-7-10(2)12(15)13-9-6-5-8-11(14)16-3/h7H,4-6,8-9H2,1-3H3,(H,13,15)/b10-7+. The van der Waals surface area contributed by atoms with Gasteiger partial charge in [-0.05, 0) is 26.2 Å². The largest absolute Gasteiger partial charge is 0.469 e. The molecule has 92 valence electrons. The summed E-state index contributed by atoms with van der Waals surface area (Å²) < 4.78 is 4.51. The number of nitrogens with one attached hydrogen (secondary N) is 1. The molecular formula is C12H21NO3. The Balaban J connectivity index is 3.56. The van der Waals surface area contributed by atoms with Crippen LogP contribution in [-0.4, -0.2) is 25.5 Å². The molecule has 0 aliphatic carbocycles. The summed E-state index contributed by atoms with van der Waals surface area (Å²) in [5.74, 6) is -0.228. The molecule has 0 saturated carbocycles. The molecule has 0 atom stereocenters. The molecule has 4 nitrogen and oxygen atoms in total. The molecular weight excluding hydrogens is 206 g/mol. The molecule has 0 aromatic rings. The van der Waals surface area contributed by atoms with E-state index < -0.39 is 0 Å². The fraction of sp³-hybridized carbons (Fsp3) is 0.667. The van der Waals surface area contributed by atoms with Gasteiger partial charge in [0.05, 0.1) is 7.11 Å². The minimum Gasteiger partial charge on any atom is -0.469 e. The minimum atomic E-state index is -0.201. The molecule has 1 amide bonds. The molecule has 0 saturated heterocycles. The van der Waals surface area contributed by atoms with Crippen LogP contribution in [-0.2, 0) is 14.3 Å². The summed E-state index contributed by atoms with van der Waals surface area (Å²) in [6, 6.07) is 0. The van der Waals surface area contributed by atoms with Gasteiger partial charge in [-0.3, -0.25) is 9.59 Å². The number of amides is 1. The number of carbonyl (C=O) groups excluding carboxylic acids is 2. The number of rotatable bonds is 7. The molecule has 0 aromatic heterocycles. The average molecular weight is 227 g/mol. The summed E-state index contributed by atoms with van der Waals surface area (Å²) in [6.45, 7) is 4.39. The van der Waals surface area contributed by atoms with Gasteiger partial charge in [-0.25, -0.2) is 0 Å². The van der Waals surface area contributed by atoms with Gasteiger partial charge < -0.3 is 10.1 Å². The zero-order chi connectivity index (χ0) is 12.4. The van der Waals surface area contributed by atoms with E-state index in [4.69, 9.17) is 0 Å². The molecule has 0 heterocycles. The van der Waals surface area contributed by atoms with Crippen molar-refractivity contribution in [2.75, 3.05) is 13.7 Å². The zero-order valence-electron chi connectivity index (χ0n) is 10.3. The third-order valence-corrected chi connectivity index (χ3v) is 2.19. The van der Waals surface area contributed by atoms with Gasteiger partial charge in [-0.15, -0.1) is 0 Å². The van der Waals surface area contributed by atoms with Crippen LogP contribution in [0.1, 0.15) is 39.5 Å². The van der Waals surface area contributed by atoms with Crippen LogP contribution in [0.25, 0.3) is 0 Å². The molecule has 0 aliphatic heterocycles. The number of esters is 1. The first-order valence-corrected chi connectivity index (χ1v) is 5.63. The third kappa shape index (κ3) is 7.04. The van der Waals surface area contributed by atoms with Crippen LogP contribution in [0.3, 0.4) is 0 Å². The van der Waals surface area contributed by atoms with Crippen molar-refractivity contribution in [3.63, 3.8) is 0 Å². The monoisotopic (exact) mass is 227 g/mol. The normalized spacial score (nSPS) is 11.1. The Morgan fingerprint density at radius 2 is 2.00 bits per heavy atom. The lowest BCUT2D eigenvalue weighted by Crippen LogP contribution is -2.25. The highest BCUT2D eigenvalue weighted by Crippen LogP contribution is 1.98.